The van der Waals surface area contributed by atoms with E-state index < -0.39 is 0 Å². The predicted octanol–water partition coefficient (Wildman–Crippen LogP) is 0.682. The van der Waals surface area contributed by atoms with Crippen molar-refractivity contribution in [2.24, 2.45) is 0 Å². The van der Waals surface area contributed by atoms with Crippen molar-refractivity contribution in [3.05, 3.63) is 42.6 Å². The number of pyridine rings is 1. The number of piperazine rings is 1. The highest BCUT2D eigenvalue weighted by molar-refractivity contribution is 5.74. The number of nitrogens with zero attached hydrogens (tertiary/aromatic N) is 6. The second-order valence-corrected chi connectivity index (χ2v) is 5.52. The molecule has 0 radical (unpaired) electrons. The van der Waals surface area contributed by atoms with Gasteiger partial charge in [-0.15, -0.1) is 0 Å². The molecule has 8 nitrogen and oxygen atoms in total. The van der Waals surface area contributed by atoms with Gasteiger partial charge < -0.3 is 19.7 Å². The van der Waals surface area contributed by atoms with Crippen LogP contribution in [0, 0.1) is 11.3 Å². The molecule has 0 spiro atoms. The van der Waals surface area contributed by atoms with Crippen LogP contribution < -0.4 is 10.2 Å². The van der Waals surface area contributed by atoms with E-state index in [1.807, 2.05) is 10.8 Å². The summed E-state index contributed by atoms with van der Waals surface area (Å²) < 4.78 is 1.92. The first kappa shape index (κ1) is 15.8. The van der Waals surface area contributed by atoms with Crippen molar-refractivity contribution < 1.29 is 4.79 Å². The van der Waals surface area contributed by atoms with Crippen molar-refractivity contribution in [3.63, 3.8) is 0 Å². The molecule has 1 fully saturated rings. The van der Waals surface area contributed by atoms with Crippen molar-refractivity contribution in [1.82, 2.24) is 24.8 Å². The number of rotatable bonds is 4. The van der Waals surface area contributed by atoms with E-state index in [0.29, 0.717) is 44.8 Å². The van der Waals surface area contributed by atoms with Gasteiger partial charge >= 0.3 is 6.03 Å². The molecule has 124 valence electrons. The summed E-state index contributed by atoms with van der Waals surface area (Å²) in [4.78, 5) is 24.4. The molecule has 1 N–H and O–H groups in total. The molecular formula is C16H19N7O. The lowest BCUT2D eigenvalue weighted by atomic mass is 10.2. The minimum absolute atomic E-state index is 0.0477. The first-order valence-corrected chi connectivity index (χ1v) is 7.86. The molecule has 0 aliphatic carbocycles. The van der Waals surface area contributed by atoms with Gasteiger partial charge in [-0.05, 0) is 12.1 Å². The summed E-state index contributed by atoms with van der Waals surface area (Å²) in [6.45, 7) is 3.95. The van der Waals surface area contributed by atoms with Gasteiger partial charge in [0.15, 0.2) is 0 Å². The monoisotopic (exact) mass is 325 g/mol. The van der Waals surface area contributed by atoms with Crippen LogP contribution in [0.3, 0.4) is 0 Å². The van der Waals surface area contributed by atoms with Gasteiger partial charge in [0.1, 0.15) is 5.82 Å². The number of anilines is 1. The van der Waals surface area contributed by atoms with Crippen LogP contribution in [-0.4, -0.2) is 58.2 Å². The van der Waals surface area contributed by atoms with Crippen molar-refractivity contribution >= 4 is 11.8 Å². The highest BCUT2D eigenvalue weighted by atomic mass is 16.2. The molecule has 24 heavy (non-hydrogen) atoms. The molecular weight excluding hydrogens is 306 g/mol. The van der Waals surface area contributed by atoms with Crippen molar-refractivity contribution in [3.8, 4) is 6.07 Å². The lowest BCUT2D eigenvalue weighted by Gasteiger charge is -2.35. The van der Waals surface area contributed by atoms with Gasteiger partial charge in [0.2, 0.25) is 0 Å². The molecule has 8 heteroatoms. The molecule has 1 aliphatic rings. The standard InChI is InChI=1S/C16H19N7O/c17-12-14-1-2-19-15(11-14)22-7-9-23(10-8-22)16(24)20-4-6-21-5-3-18-13-21/h1-3,5,11,13H,4,6-10H2,(H,20,24). The lowest BCUT2D eigenvalue weighted by molar-refractivity contribution is 0.194. The molecule has 0 unspecified atom stereocenters. The fourth-order valence-corrected chi connectivity index (χ4v) is 2.62. The molecule has 3 rings (SSSR count). The summed E-state index contributed by atoms with van der Waals surface area (Å²) in [5.41, 5.74) is 0.597. The van der Waals surface area contributed by atoms with E-state index in [9.17, 15) is 4.79 Å². The lowest BCUT2D eigenvalue weighted by Crippen LogP contribution is -2.52. The summed E-state index contributed by atoms with van der Waals surface area (Å²) in [6, 6.07) is 5.54. The Hall–Kier alpha value is -3.08. The van der Waals surface area contributed by atoms with Crippen LogP contribution in [-0.2, 0) is 6.54 Å². The molecule has 0 saturated carbocycles. The second-order valence-electron chi connectivity index (χ2n) is 5.52. The quantitative estimate of drug-likeness (QED) is 0.893. The Balaban J connectivity index is 1.45. The van der Waals surface area contributed by atoms with Crippen LogP contribution in [0.2, 0.25) is 0 Å². The van der Waals surface area contributed by atoms with Crippen molar-refractivity contribution in [1.29, 1.82) is 5.26 Å². The van der Waals surface area contributed by atoms with E-state index in [0.717, 1.165) is 5.82 Å². The van der Waals surface area contributed by atoms with Gasteiger partial charge in [0.25, 0.3) is 0 Å². The maximum atomic E-state index is 12.2. The van der Waals surface area contributed by atoms with E-state index in [1.165, 1.54) is 0 Å². The summed E-state index contributed by atoms with van der Waals surface area (Å²) in [5, 5.41) is 11.9. The average molecular weight is 325 g/mol. The van der Waals surface area contributed by atoms with Crippen LogP contribution in [0.4, 0.5) is 10.6 Å². The fraction of sp³-hybridized carbons (Fsp3) is 0.375. The maximum Gasteiger partial charge on any atom is 0.317 e. The van der Waals surface area contributed by atoms with Crippen molar-refractivity contribution in [2.75, 3.05) is 37.6 Å². The number of aromatic nitrogens is 3. The van der Waals surface area contributed by atoms with Crippen LogP contribution in [0.5, 0.6) is 0 Å². The minimum atomic E-state index is -0.0477. The Morgan fingerprint density at radius 2 is 2.12 bits per heavy atom. The zero-order chi connectivity index (χ0) is 16.8. The van der Waals surface area contributed by atoms with E-state index in [-0.39, 0.29) is 6.03 Å². The largest absolute Gasteiger partial charge is 0.353 e. The molecule has 1 saturated heterocycles. The second kappa shape index (κ2) is 7.46. The topological polar surface area (TPSA) is 90.1 Å². The average Bonchev–Trinajstić information content (AvgIpc) is 3.15. The smallest absolute Gasteiger partial charge is 0.317 e. The van der Waals surface area contributed by atoms with E-state index in [2.05, 4.69) is 26.3 Å². The first-order chi connectivity index (χ1) is 11.8. The van der Waals surface area contributed by atoms with Crippen LogP contribution in [0.15, 0.2) is 37.1 Å². The van der Waals surface area contributed by atoms with E-state index in [1.54, 1.807) is 35.8 Å². The maximum absolute atomic E-state index is 12.2. The Morgan fingerprint density at radius 3 is 2.83 bits per heavy atom. The number of nitrogens with one attached hydrogen (secondary N) is 1. The highest BCUT2D eigenvalue weighted by Crippen LogP contribution is 2.14. The molecule has 3 heterocycles. The van der Waals surface area contributed by atoms with Gasteiger partial charge in [-0.3, -0.25) is 0 Å². The summed E-state index contributed by atoms with van der Waals surface area (Å²) in [5.74, 6) is 0.786. The van der Waals surface area contributed by atoms with Gasteiger partial charge in [0, 0.05) is 57.9 Å². The highest BCUT2D eigenvalue weighted by Gasteiger charge is 2.21. The third kappa shape index (κ3) is 3.81. The number of urea groups is 1. The number of hydrogen-bond acceptors (Lipinski definition) is 5. The van der Waals surface area contributed by atoms with E-state index >= 15 is 0 Å². The number of amides is 2. The SMILES string of the molecule is N#Cc1ccnc(N2CCN(C(=O)NCCn3ccnc3)CC2)c1. The zero-order valence-electron chi connectivity index (χ0n) is 13.3. The van der Waals surface area contributed by atoms with Gasteiger partial charge in [-0.2, -0.15) is 5.26 Å². The predicted molar refractivity (Wildman–Crippen MR) is 88.4 cm³/mol. The normalized spacial score (nSPS) is 14.3. The fourth-order valence-electron chi connectivity index (χ4n) is 2.62. The van der Waals surface area contributed by atoms with Gasteiger partial charge in [-0.25, -0.2) is 14.8 Å². The number of nitriles is 1. The van der Waals surface area contributed by atoms with E-state index in [4.69, 9.17) is 5.26 Å². The molecule has 2 aromatic rings. The van der Waals surface area contributed by atoms with Crippen LogP contribution in [0.1, 0.15) is 5.56 Å². The van der Waals surface area contributed by atoms with Gasteiger partial charge in [-0.1, -0.05) is 0 Å². The van der Waals surface area contributed by atoms with Crippen LogP contribution in [0.25, 0.3) is 0 Å². The van der Waals surface area contributed by atoms with Crippen LogP contribution >= 0.6 is 0 Å². The minimum Gasteiger partial charge on any atom is -0.353 e. The molecule has 0 atom stereocenters. The Labute approximate surface area is 140 Å². The summed E-state index contributed by atoms with van der Waals surface area (Å²) >= 11 is 0. The molecule has 0 aromatic carbocycles. The Morgan fingerprint density at radius 1 is 1.29 bits per heavy atom. The number of carbonyl (C=O) groups excluding carboxylic acids is 1. The Bertz CT molecular complexity index is 714. The van der Waals surface area contributed by atoms with Gasteiger partial charge in [0.05, 0.1) is 18.0 Å². The number of hydrogen-bond donors (Lipinski definition) is 1. The first-order valence-electron chi connectivity index (χ1n) is 7.86. The van der Waals surface area contributed by atoms with Crippen molar-refractivity contribution in [2.45, 2.75) is 6.54 Å². The Kier molecular flexibility index (Phi) is 4.91. The molecule has 2 amide bonds. The number of carbonyl (C=O) groups is 1. The molecule has 2 aromatic heterocycles. The third-order valence-corrected chi connectivity index (χ3v) is 3.97. The third-order valence-electron chi connectivity index (χ3n) is 3.97. The summed E-state index contributed by atoms with van der Waals surface area (Å²) in [7, 11) is 0. The zero-order valence-corrected chi connectivity index (χ0v) is 13.3. The summed E-state index contributed by atoms with van der Waals surface area (Å²) in [6.07, 6.45) is 6.96. The molecule has 1 aliphatic heterocycles. The molecule has 0 bridgehead atoms. The number of imidazole rings is 1.